The van der Waals surface area contributed by atoms with Crippen LogP contribution in [0.2, 0.25) is 0 Å². The fourth-order valence-corrected chi connectivity index (χ4v) is 2.71. The zero-order chi connectivity index (χ0) is 13.6. The highest BCUT2D eigenvalue weighted by Crippen LogP contribution is 2.14. The van der Waals surface area contributed by atoms with Crippen LogP contribution >= 0.6 is 0 Å². The van der Waals surface area contributed by atoms with E-state index >= 15 is 0 Å². The first-order valence-electron chi connectivity index (χ1n) is 6.00. The second-order valence-electron chi connectivity index (χ2n) is 4.83. The van der Waals surface area contributed by atoms with Gasteiger partial charge in [0.25, 0.3) is 0 Å². The summed E-state index contributed by atoms with van der Waals surface area (Å²) in [6.07, 6.45) is 0. The predicted molar refractivity (Wildman–Crippen MR) is 72.4 cm³/mol. The minimum atomic E-state index is -3.44. The second-order valence-corrected chi connectivity index (χ2v) is 6.49. The second kappa shape index (κ2) is 6.87. The maximum atomic E-state index is 11.1. The molecule has 0 amide bonds. The molecule has 18 heavy (non-hydrogen) atoms. The van der Waals surface area contributed by atoms with Gasteiger partial charge < -0.3 is 4.74 Å². The standard InChI is InChI=1S/C13H21NO3S/c1-11(2)13(10-18(14,15)16)9-17-8-12-6-4-3-5-7-12/h3-7,11,13H,8-10H2,1-2H3,(H2,14,15,16). The molecular weight excluding hydrogens is 250 g/mol. The van der Waals surface area contributed by atoms with Gasteiger partial charge in [-0.2, -0.15) is 0 Å². The number of benzene rings is 1. The molecule has 1 rings (SSSR count). The Morgan fingerprint density at radius 2 is 1.83 bits per heavy atom. The van der Waals surface area contributed by atoms with Crippen molar-refractivity contribution in [3.05, 3.63) is 35.9 Å². The molecule has 0 aliphatic heterocycles. The van der Waals surface area contributed by atoms with Crippen LogP contribution in [0.3, 0.4) is 0 Å². The zero-order valence-electron chi connectivity index (χ0n) is 10.9. The van der Waals surface area contributed by atoms with Crippen LogP contribution in [0.15, 0.2) is 30.3 Å². The highest BCUT2D eigenvalue weighted by molar-refractivity contribution is 7.89. The monoisotopic (exact) mass is 271 g/mol. The topological polar surface area (TPSA) is 69.4 Å². The van der Waals surface area contributed by atoms with Crippen LogP contribution in [0.4, 0.5) is 0 Å². The first kappa shape index (κ1) is 15.1. The highest BCUT2D eigenvalue weighted by Gasteiger charge is 2.19. The fraction of sp³-hybridized carbons (Fsp3) is 0.538. The third-order valence-corrected chi connectivity index (χ3v) is 3.73. The lowest BCUT2D eigenvalue weighted by Gasteiger charge is -2.19. The molecule has 2 N–H and O–H groups in total. The molecule has 1 aromatic rings. The largest absolute Gasteiger partial charge is 0.376 e. The normalized spacial score (nSPS) is 13.8. The molecule has 5 heteroatoms. The molecule has 0 radical (unpaired) electrons. The summed E-state index contributed by atoms with van der Waals surface area (Å²) in [4.78, 5) is 0. The lowest BCUT2D eigenvalue weighted by atomic mass is 9.99. The molecule has 0 heterocycles. The average molecular weight is 271 g/mol. The van der Waals surface area contributed by atoms with Crippen molar-refractivity contribution in [3.63, 3.8) is 0 Å². The molecule has 1 aromatic carbocycles. The van der Waals surface area contributed by atoms with Gasteiger partial charge in [-0.25, -0.2) is 13.6 Å². The van der Waals surface area contributed by atoms with Crippen LogP contribution < -0.4 is 5.14 Å². The van der Waals surface area contributed by atoms with E-state index in [1.807, 2.05) is 44.2 Å². The molecule has 1 unspecified atom stereocenters. The van der Waals surface area contributed by atoms with E-state index in [2.05, 4.69) is 0 Å². The van der Waals surface area contributed by atoms with E-state index in [0.717, 1.165) is 5.56 Å². The van der Waals surface area contributed by atoms with Gasteiger partial charge in [0.1, 0.15) is 0 Å². The predicted octanol–water partition coefficient (Wildman–Crippen LogP) is 1.76. The highest BCUT2D eigenvalue weighted by atomic mass is 32.2. The van der Waals surface area contributed by atoms with Crippen molar-refractivity contribution in [1.29, 1.82) is 0 Å². The van der Waals surface area contributed by atoms with Crippen LogP contribution in [0, 0.1) is 11.8 Å². The van der Waals surface area contributed by atoms with Crippen molar-refractivity contribution in [2.24, 2.45) is 17.0 Å². The van der Waals surface area contributed by atoms with Gasteiger partial charge in [0.2, 0.25) is 10.0 Å². The van der Waals surface area contributed by atoms with Crippen molar-refractivity contribution in [1.82, 2.24) is 0 Å². The van der Waals surface area contributed by atoms with E-state index in [1.54, 1.807) is 0 Å². The van der Waals surface area contributed by atoms with E-state index < -0.39 is 10.0 Å². The number of rotatable bonds is 7. The summed E-state index contributed by atoms with van der Waals surface area (Å²) in [7, 11) is -3.44. The van der Waals surface area contributed by atoms with Gasteiger partial charge in [-0.3, -0.25) is 0 Å². The van der Waals surface area contributed by atoms with Gasteiger partial charge in [-0.05, 0) is 17.4 Å². The molecule has 0 aliphatic carbocycles. The fourth-order valence-electron chi connectivity index (χ4n) is 1.63. The van der Waals surface area contributed by atoms with Crippen LogP contribution in [0.25, 0.3) is 0 Å². The Balaban J connectivity index is 2.44. The molecule has 102 valence electrons. The van der Waals surface area contributed by atoms with Crippen LogP contribution in [-0.4, -0.2) is 20.8 Å². The third-order valence-electron chi connectivity index (χ3n) is 2.83. The number of nitrogens with two attached hydrogens (primary N) is 1. The molecule has 0 bridgehead atoms. The van der Waals surface area contributed by atoms with Crippen molar-refractivity contribution in [3.8, 4) is 0 Å². The number of sulfonamides is 1. The Labute approximate surface area is 109 Å². The molecule has 1 atom stereocenters. The van der Waals surface area contributed by atoms with Crippen LogP contribution in [-0.2, 0) is 21.4 Å². The molecular formula is C13H21NO3S. The molecule has 0 saturated heterocycles. The smallest absolute Gasteiger partial charge is 0.209 e. The summed E-state index contributed by atoms with van der Waals surface area (Å²) in [6, 6.07) is 9.79. The lowest BCUT2D eigenvalue weighted by molar-refractivity contribution is 0.0790. The molecule has 0 fully saturated rings. The van der Waals surface area contributed by atoms with Gasteiger partial charge in [0.15, 0.2) is 0 Å². The Hall–Kier alpha value is -0.910. The lowest BCUT2D eigenvalue weighted by Crippen LogP contribution is -2.29. The van der Waals surface area contributed by atoms with Crippen molar-refractivity contribution in [2.45, 2.75) is 20.5 Å². The minimum absolute atomic E-state index is 0.0283. The van der Waals surface area contributed by atoms with Crippen molar-refractivity contribution >= 4 is 10.0 Å². The van der Waals surface area contributed by atoms with E-state index in [4.69, 9.17) is 9.88 Å². The average Bonchev–Trinajstić information content (AvgIpc) is 2.27. The van der Waals surface area contributed by atoms with Gasteiger partial charge in [-0.1, -0.05) is 44.2 Å². The Bertz CT molecular complexity index is 443. The summed E-state index contributed by atoms with van der Waals surface area (Å²) in [5.74, 6) is 0.127. The molecule has 0 saturated carbocycles. The Morgan fingerprint density at radius 1 is 1.22 bits per heavy atom. The van der Waals surface area contributed by atoms with Crippen molar-refractivity contribution in [2.75, 3.05) is 12.4 Å². The summed E-state index contributed by atoms with van der Waals surface area (Å²) in [6.45, 7) is 4.85. The van der Waals surface area contributed by atoms with Crippen molar-refractivity contribution < 1.29 is 13.2 Å². The van der Waals surface area contributed by atoms with E-state index in [1.165, 1.54) is 0 Å². The SMILES string of the molecule is CC(C)C(COCc1ccccc1)CS(N)(=O)=O. The van der Waals surface area contributed by atoms with E-state index in [0.29, 0.717) is 13.2 Å². The van der Waals surface area contributed by atoms with Gasteiger partial charge in [-0.15, -0.1) is 0 Å². The first-order chi connectivity index (χ1) is 8.38. The number of primary sulfonamides is 1. The molecule has 0 spiro atoms. The maximum Gasteiger partial charge on any atom is 0.209 e. The number of hydrogen-bond acceptors (Lipinski definition) is 3. The minimum Gasteiger partial charge on any atom is -0.376 e. The third kappa shape index (κ3) is 6.14. The van der Waals surface area contributed by atoms with E-state index in [9.17, 15) is 8.42 Å². The van der Waals surface area contributed by atoms with Gasteiger partial charge >= 0.3 is 0 Å². The summed E-state index contributed by atoms with van der Waals surface area (Å²) in [5.41, 5.74) is 1.08. The first-order valence-corrected chi connectivity index (χ1v) is 7.72. The zero-order valence-corrected chi connectivity index (χ0v) is 11.7. The van der Waals surface area contributed by atoms with E-state index in [-0.39, 0.29) is 17.6 Å². The maximum absolute atomic E-state index is 11.1. The molecule has 0 aromatic heterocycles. The summed E-state index contributed by atoms with van der Waals surface area (Å²) >= 11 is 0. The molecule has 4 nitrogen and oxygen atoms in total. The van der Waals surface area contributed by atoms with Crippen LogP contribution in [0.5, 0.6) is 0 Å². The Morgan fingerprint density at radius 3 is 2.33 bits per heavy atom. The summed E-state index contributed by atoms with van der Waals surface area (Å²) < 4.78 is 27.8. The molecule has 0 aliphatic rings. The number of hydrogen-bond donors (Lipinski definition) is 1. The Kier molecular flexibility index (Phi) is 5.78. The van der Waals surface area contributed by atoms with Gasteiger partial charge in [0.05, 0.1) is 19.0 Å². The van der Waals surface area contributed by atoms with Gasteiger partial charge in [0, 0.05) is 0 Å². The quantitative estimate of drug-likeness (QED) is 0.821. The number of ether oxygens (including phenoxy) is 1. The van der Waals surface area contributed by atoms with Crippen LogP contribution in [0.1, 0.15) is 19.4 Å². The summed E-state index contributed by atoms with van der Waals surface area (Å²) in [5, 5.41) is 5.07.